The van der Waals surface area contributed by atoms with Crippen LogP contribution in [0.2, 0.25) is 0 Å². The first-order valence-corrected chi connectivity index (χ1v) is 7.30. The largest absolute Gasteiger partial charge is 0.506 e. The van der Waals surface area contributed by atoms with Crippen molar-refractivity contribution in [3.63, 3.8) is 0 Å². The summed E-state index contributed by atoms with van der Waals surface area (Å²) in [5.74, 6) is 0.433. The molecule has 1 aromatic carbocycles. The molecule has 0 aliphatic carbocycles. The average molecular weight is 269 g/mol. The van der Waals surface area contributed by atoms with Crippen LogP contribution in [-0.4, -0.2) is 16.8 Å². The smallest absolute Gasteiger partial charge is 0.167 e. The van der Waals surface area contributed by atoms with Crippen molar-refractivity contribution in [2.24, 2.45) is 4.99 Å². The molecular formula is C12H15NO2S2. The Labute approximate surface area is 108 Å². The van der Waals surface area contributed by atoms with Crippen LogP contribution in [0.4, 0.5) is 0 Å². The molecule has 0 atom stereocenters. The van der Waals surface area contributed by atoms with Crippen molar-refractivity contribution < 1.29 is 10.2 Å². The topological polar surface area (TPSA) is 52.8 Å². The summed E-state index contributed by atoms with van der Waals surface area (Å²) in [6.45, 7) is 2.98. The quantitative estimate of drug-likeness (QED) is 0.659. The number of benzene rings is 1. The lowest BCUT2D eigenvalue weighted by atomic mass is 10.3. The summed E-state index contributed by atoms with van der Waals surface area (Å²) in [5, 5.41) is 19.4. The highest BCUT2D eigenvalue weighted by Gasteiger charge is 2.08. The van der Waals surface area contributed by atoms with Crippen LogP contribution in [0.1, 0.15) is 26.2 Å². The van der Waals surface area contributed by atoms with Gasteiger partial charge in [0.15, 0.2) is 3.98 Å². The zero-order valence-electron chi connectivity index (χ0n) is 9.64. The van der Waals surface area contributed by atoms with E-state index < -0.39 is 0 Å². The highest BCUT2D eigenvalue weighted by Crippen LogP contribution is 2.36. The molecule has 0 aliphatic rings. The number of hydrogen-bond donors (Lipinski definition) is 2. The van der Waals surface area contributed by atoms with Crippen molar-refractivity contribution in [1.29, 1.82) is 0 Å². The van der Waals surface area contributed by atoms with Crippen molar-refractivity contribution in [2.45, 2.75) is 26.2 Å². The minimum Gasteiger partial charge on any atom is -0.506 e. The molecule has 2 N–H and O–H groups in total. The van der Waals surface area contributed by atoms with E-state index in [4.69, 9.17) is 0 Å². The van der Waals surface area contributed by atoms with Crippen LogP contribution < -0.4 is 3.98 Å². The Bertz CT molecular complexity index is 529. The van der Waals surface area contributed by atoms with Gasteiger partial charge in [-0.3, -0.25) is 4.99 Å². The van der Waals surface area contributed by atoms with E-state index in [1.807, 2.05) is 0 Å². The molecule has 0 aliphatic heterocycles. The van der Waals surface area contributed by atoms with Crippen LogP contribution in [-0.2, 0) is 0 Å². The maximum absolute atomic E-state index is 9.68. The number of hydrogen-bond acceptors (Lipinski definition) is 5. The zero-order chi connectivity index (χ0) is 12.3. The molecule has 1 aromatic heterocycles. The van der Waals surface area contributed by atoms with Crippen LogP contribution in [0.5, 0.6) is 11.5 Å². The van der Waals surface area contributed by atoms with Gasteiger partial charge in [0.05, 0.1) is 9.40 Å². The standard InChI is InChI=1S/C12H15NO2S2/c1-2-3-4-7-13-12-16-10-8(14)5-6-9(15)11(10)17-12/h5-6,14-15H,2-4,7H2,1H3. The molecule has 0 saturated heterocycles. The second-order valence-electron chi connectivity index (χ2n) is 3.82. The molecule has 17 heavy (non-hydrogen) atoms. The second kappa shape index (κ2) is 5.51. The van der Waals surface area contributed by atoms with Crippen LogP contribution in [0.3, 0.4) is 0 Å². The molecule has 92 valence electrons. The van der Waals surface area contributed by atoms with E-state index in [0.29, 0.717) is 0 Å². The highest BCUT2D eigenvalue weighted by atomic mass is 32.2. The first kappa shape index (κ1) is 12.4. The summed E-state index contributed by atoms with van der Waals surface area (Å²) in [4.78, 5) is 4.48. The Morgan fingerprint density at radius 1 is 1.06 bits per heavy atom. The molecule has 0 fully saturated rings. The fourth-order valence-electron chi connectivity index (χ4n) is 1.53. The Morgan fingerprint density at radius 3 is 2.18 bits per heavy atom. The van der Waals surface area contributed by atoms with E-state index in [1.165, 1.54) is 47.6 Å². The summed E-state index contributed by atoms with van der Waals surface area (Å²) >= 11 is 2.88. The molecule has 2 aromatic rings. The average Bonchev–Trinajstić information content (AvgIpc) is 2.75. The molecule has 0 saturated carbocycles. The van der Waals surface area contributed by atoms with Crippen molar-refractivity contribution >= 4 is 32.1 Å². The summed E-state index contributed by atoms with van der Waals surface area (Å²) in [6.07, 6.45) is 3.47. The van der Waals surface area contributed by atoms with E-state index in [9.17, 15) is 10.2 Å². The van der Waals surface area contributed by atoms with Gasteiger partial charge in [0.25, 0.3) is 0 Å². The molecule has 0 spiro atoms. The summed E-state index contributed by atoms with van der Waals surface area (Å²) in [5.41, 5.74) is 0. The third-order valence-electron chi connectivity index (χ3n) is 2.45. The molecule has 0 unspecified atom stereocenters. The lowest BCUT2D eigenvalue weighted by molar-refractivity contribution is 0.471. The normalized spacial score (nSPS) is 10.9. The minimum atomic E-state index is 0.217. The van der Waals surface area contributed by atoms with Gasteiger partial charge in [0.1, 0.15) is 11.5 Å². The second-order valence-corrected chi connectivity index (χ2v) is 6.08. The van der Waals surface area contributed by atoms with Gasteiger partial charge in [0, 0.05) is 6.54 Å². The first-order valence-electron chi connectivity index (χ1n) is 5.67. The minimum absolute atomic E-state index is 0.217. The fraction of sp³-hybridized carbons (Fsp3) is 0.417. The van der Waals surface area contributed by atoms with Gasteiger partial charge in [-0.1, -0.05) is 19.8 Å². The Morgan fingerprint density at radius 2 is 1.65 bits per heavy atom. The molecule has 3 nitrogen and oxygen atoms in total. The first-order chi connectivity index (χ1) is 8.22. The van der Waals surface area contributed by atoms with Gasteiger partial charge < -0.3 is 10.2 Å². The lowest BCUT2D eigenvalue weighted by Crippen LogP contribution is -1.90. The van der Waals surface area contributed by atoms with Gasteiger partial charge in [-0.05, 0) is 18.6 Å². The number of fused-ring (bicyclic) bond motifs is 1. The Balaban J connectivity index is 2.31. The fourth-order valence-corrected chi connectivity index (χ4v) is 3.85. The SMILES string of the molecule is CCCCCN=c1sc2c(O)ccc(O)c2s1. The zero-order valence-corrected chi connectivity index (χ0v) is 11.3. The Kier molecular flexibility index (Phi) is 4.02. The summed E-state index contributed by atoms with van der Waals surface area (Å²) in [6, 6.07) is 3.03. The van der Waals surface area contributed by atoms with Gasteiger partial charge >= 0.3 is 0 Å². The number of aromatic hydroxyl groups is 2. The van der Waals surface area contributed by atoms with E-state index in [1.54, 1.807) is 0 Å². The van der Waals surface area contributed by atoms with Crippen LogP contribution >= 0.6 is 22.7 Å². The van der Waals surface area contributed by atoms with Gasteiger partial charge in [-0.2, -0.15) is 0 Å². The van der Waals surface area contributed by atoms with E-state index in [0.717, 1.165) is 26.4 Å². The van der Waals surface area contributed by atoms with Gasteiger partial charge in [-0.25, -0.2) is 0 Å². The molecule has 1 heterocycles. The van der Waals surface area contributed by atoms with Crippen molar-refractivity contribution in [3.8, 4) is 11.5 Å². The third-order valence-corrected chi connectivity index (χ3v) is 4.92. The lowest BCUT2D eigenvalue weighted by Gasteiger charge is -1.94. The maximum atomic E-state index is 9.68. The molecule has 5 heteroatoms. The van der Waals surface area contributed by atoms with Crippen molar-refractivity contribution in [2.75, 3.05) is 6.54 Å². The summed E-state index contributed by atoms with van der Waals surface area (Å²) < 4.78 is 2.36. The molecule has 0 bridgehead atoms. The predicted octanol–water partition coefficient (Wildman–Crippen LogP) is 3.46. The van der Waals surface area contributed by atoms with Crippen molar-refractivity contribution in [1.82, 2.24) is 0 Å². The monoisotopic (exact) mass is 269 g/mol. The molecule has 2 rings (SSSR count). The summed E-state index contributed by atoms with van der Waals surface area (Å²) in [7, 11) is 0. The third kappa shape index (κ3) is 2.79. The number of nitrogens with zero attached hydrogens (tertiary/aromatic N) is 1. The maximum Gasteiger partial charge on any atom is 0.167 e. The van der Waals surface area contributed by atoms with Crippen LogP contribution in [0.25, 0.3) is 9.40 Å². The van der Waals surface area contributed by atoms with Crippen molar-refractivity contribution in [3.05, 3.63) is 16.1 Å². The molecular weight excluding hydrogens is 254 g/mol. The predicted molar refractivity (Wildman–Crippen MR) is 73.0 cm³/mol. The van der Waals surface area contributed by atoms with Gasteiger partial charge in [-0.15, -0.1) is 22.7 Å². The molecule has 0 amide bonds. The highest BCUT2D eigenvalue weighted by molar-refractivity contribution is 7.36. The van der Waals surface area contributed by atoms with Crippen LogP contribution in [0.15, 0.2) is 17.1 Å². The van der Waals surface area contributed by atoms with Crippen LogP contribution in [0, 0.1) is 0 Å². The van der Waals surface area contributed by atoms with E-state index in [2.05, 4.69) is 11.9 Å². The molecule has 0 radical (unpaired) electrons. The number of unbranched alkanes of at least 4 members (excludes halogenated alkanes) is 2. The Hall–Kier alpha value is -1.07. The van der Waals surface area contributed by atoms with E-state index >= 15 is 0 Å². The number of phenolic OH excluding ortho intramolecular Hbond substituents is 2. The van der Waals surface area contributed by atoms with Gasteiger partial charge in [0.2, 0.25) is 0 Å². The van der Waals surface area contributed by atoms with E-state index in [-0.39, 0.29) is 11.5 Å². The number of phenols is 2. The number of rotatable bonds is 4.